The fourth-order valence-corrected chi connectivity index (χ4v) is 2.41. The summed E-state index contributed by atoms with van der Waals surface area (Å²) < 4.78 is 39.2. The smallest absolute Gasteiger partial charge is 0.328 e. The van der Waals surface area contributed by atoms with Crippen LogP contribution >= 0.6 is 11.6 Å². The van der Waals surface area contributed by atoms with Gasteiger partial charge in [-0.1, -0.05) is 11.6 Å². The molecule has 3 aromatic heterocycles. The number of hydrogen-bond acceptors (Lipinski definition) is 6. The standard InChI is InChI=1S/C15H12ClF3N8O/c1-8(12-22-7-23-27(12)13-20-5-2-6-21-13)24-14(28)25-9-3-4-10(15(17,18)19)26-11(9)16/h2-8H,1H3,(H2,24,25,28). The third-order valence-electron chi connectivity index (χ3n) is 3.44. The number of urea groups is 1. The van der Waals surface area contributed by atoms with Gasteiger partial charge in [-0.25, -0.2) is 24.7 Å². The number of carbonyl (C=O) groups is 1. The molecule has 3 rings (SSSR count). The van der Waals surface area contributed by atoms with Crippen LogP contribution in [0.5, 0.6) is 0 Å². The predicted octanol–water partition coefficient (Wildman–Crippen LogP) is 3.01. The van der Waals surface area contributed by atoms with Crippen LogP contribution in [0.4, 0.5) is 23.7 Å². The highest BCUT2D eigenvalue weighted by Crippen LogP contribution is 2.30. The summed E-state index contributed by atoms with van der Waals surface area (Å²) >= 11 is 5.72. The van der Waals surface area contributed by atoms with Gasteiger partial charge >= 0.3 is 12.2 Å². The molecule has 0 radical (unpaired) electrons. The Morgan fingerprint density at radius 2 is 1.93 bits per heavy atom. The summed E-state index contributed by atoms with van der Waals surface area (Å²) in [6.07, 6.45) is -0.308. The summed E-state index contributed by atoms with van der Waals surface area (Å²) in [6, 6.07) is 2.01. The van der Waals surface area contributed by atoms with Gasteiger partial charge in [0.15, 0.2) is 11.0 Å². The van der Waals surface area contributed by atoms with Gasteiger partial charge in [-0.2, -0.15) is 23.0 Å². The largest absolute Gasteiger partial charge is 0.433 e. The lowest BCUT2D eigenvalue weighted by atomic mass is 10.3. The summed E-state index contributed by atoms with van der Waals surface area (Å²) in [5.41, 5.74) is -1.24. The SMILES string of the molecule is CC(NC(=O)Nc1ccc(C(F)(F)F)nc1Cl)c1ncnn1-c1ncccn1. The Hall–Kier alpha value is -3.28. The molecule has 0 fully saturated rings. The number of pyridine rings is 1. The van der Waals surface area contributed by atoms with E-state index in [1.807, 2.05) is 0 Å². The highest BCUT2D eigenvalue weighted by Gasteiger charge is 2.33. The molecule has 9 nitrogen and oxygen atoms in total. The fraction of sp³-hybridized carbons (Fsp3) is 0.200. The van der Waals surface area contributed by atoms with Crippen molar-refractivity contribution in [3.05, 3.63) is 53.6 Å². The average molecular weight is 413 g/mol. The summed E-state index contributed by atoms with van der Waals surface area (Å²) in [6.45, 7) is 1.63. The molecule has 0 aliphatic carbocycles. The van der Waals surface area contributed by atoms with E-state index in [9.17, 15) is 18.0 Å². The second-order valence-corrected chi connectivity index (χ2v) is 5.79. The number of halogens is 4. The molecule has 13 heteroatoms. The summed E-state index contributed by atoms with van der Waals surface area (Å²) in [5, 5.41) is 8.45. The quantitative estimate of drug-likeness (QED) is 0.637. The van der Waals surface area contributed by atoms with E-state index in [2.05, 4.69) is 35.7 Å². The first-order chi connectivity index (χ1) is 13.3. The van der Waals surface area contributed by atoms with E-state index in [1.54, 1.807) is 13.0 Å². The molecule has 3 aromatic rings. The summed E-state index contributed by atoms with van der Waals surface area (Å²) in [4.78, 5) is 27.6. The van der Waals surface area contributed by atoms with Crippen LogP contribution in [-0.4, -0.2) is 35.7 Å². The van der Waals surface area contributed by atoms with Gasteiger partial charge in [0.1, 0.15) is 12.0 Å². The Morgan fingerprint density at radius 1 is 1.21 bits per heavy atom. The van der Waals surface area contributed by atoms with Crippen molar-refractivity contribution in [1.29, 1.82) is 0 Å². The van der Waals surface area contributed by atoms with Gasteiger partial charge in [0.2, 0.25) is 0 Å². The molecule has 0 aromatic carbocycles. The van der Waals surface area contributed by atoms with Crippen molar-refractivity contribution in [1.82, 2.24) is 35.0 Å². The van der Waals surface area contributed by atoms with Gasteiger partial charge in [-0.3, -0.25) is 0 Å². The van der Waals surface area contributed by atoms with Crippen molar-refractivity contribution >= 4 is 23.3 Å². The minimum absolute atomic E-state index is 0.0766. The second kappa shape index (κ2) is 7.76. The van der Waals surface area contributed by atoms with Crippen LogP contribution in [0, 0.1) is 0 Å². The average Bonchev–Trinajstić information content (AvgIpc) is 3.13. The highest BCUT2D eigenvalue weighted by molar-refractivity contribution is 6.32. The van der Waals surface area contributed by atoms with E-state index in [0.717, 1.165) is 6.07 Å². The molecular formula is C15H12ClF3N8O. The number of nitrogens with one attached hydrogen (secondary N) is 2. The first-order valence-electron chi connectivity index (χ1n) is 7.74. The second-order valence-electron chi connectivity index (χ2n) is 5.43. The van der Waals surface area contributed by atoms with Crippen molar-refractivity contribution < 1.29 is 18.0 Å². The molecule has 146 valence electrons. The number of carbonyl (C=O) groups excluding carboxylic acids is 1. The number of nitrogens with zero attached hydrogens (tertiary/aromatic N) is 6. The molecule has 2 amide bonds. The Bertz CT molecular complexity index is 979. The lowest BCUT2D eigenvalue weighted by Crippen LogP contribution is -2.33. The van der Waals surface area contributed by atoms with Crippen LogP contribution in [0.2, 0.25) is 5.15 Å². The minimum Gasteiger partial charge on any atom is -0.328 e. The molecule has 1 unspecified atom stereocenters. The summed E-state index contributed by atoms with van der Waals surface area (Å²) in [5.74, 6) is 0.608. The molecule has 3 heterocycles. The van der Waals surface area contributed by atoms with Crippen LogP contribution in [0.1, 0.15) is 24.5 Å². The van der Waals surface area contributed by atoms with Gasteiger partial charge in [-0.05, 0) is 25.1 Å². The van der Waals surface area contributed by atoms with E-state index in [4.69, 9.17) is 11.6 Å². The molecule has 0 saturated carbocycles. The predicted molar refractivity (Wildman–Crippen MR) is 91.8 cm³/mol. The van der Waals surface area contributed by atoms with E-state index < -0.39 is 29.1 Å². The topological polar surface area (TPSA) is 111 Å². The maximum atomic E-state index is 12.6. The Kier molecular flexibility index (Phi) is 5.40. The fourth-order valence-electron chi connectivity index (χ4n) is 2.21. The highest BCUT2D eigenvalue weighted by atomic mass is 35.5. The Morgan fingerprint density at radius 3 is 2.57 bits per heavy atom. The number of rotatable bonds is 4. The Labute approximate surface area is 161 Å². The maximum absolute atomic E-state index is 12.6. The van der Waals surface area contributed by atoms with Crippen LogP contribution in [-0.2, 0) is 6.18 Å². The van der Waals surface area contributed by atoms with Crippen LogP contribution < -0.4 is 10.6 Å². The molecule has 1 atom stereocenters. The normalized spacial score (nSPS) is 12.5. The molecular weight excluding hydrogens is 401 g/mol. The molecule has 2 N–H and O–H groups in total. The number of alkyl halides is 3. The molecule has 0 saturated heterocycles. The van der Waals surface area contributed by atoms with E-state index in [-0.39, 0.29) is 11.6 Å². The zero-order chi connectivity index (χ0) is 20.3. The van der Waals surface area contributed by atoms with Gasteiger partial charge in [0.05, 0.1) is 11.7 Å². The van der Waals surface area contributed by atoms with Gasteiger partial charge in [0, 0.05) is 12.4 Å². The zero-order valence-corrected chi connectivity index (χ0v) is 14.9. The number of aromatic nitrogens is 6. The van der Waals surface area contributed by atoms with Gasteiger partial charge < -0.3 is 10.6 Å². The third-order valence-corrected chi connectivity index (χ3v) is 3.73. The van der Waals surface area contributed by atoms with E-state index >= 15 is 0 Å². The first kappa shape index (κ1) is 19.5. The minimum atomic E-state index is -4.64. The summed E-state index contributed by atoms with van der Waals surface area (Å²) in [7, 11) is 0. The van der Waals surface area contributed by atoms with Gasteiger partial charge in [-0.15, -0.1) is 0 Å². The number of hydrogen-bond donors (Lipinski definition) is 2. The molecule has 0 aliphatic rings. The number of anilines is 1. The lowest BCUT2D eigenvalue weighted by molar-refractivity contribution is -0.141. The lowest BCUT2D eigenvalue weighted by Gasteiger charge is -2.15. The van der Waals surface area contributed by atoms with Crippen LogP contribution in [0.3, 0.4) is 0 Å². The third kappa shape index (κ3) is 4.34. The first-order valence-corrected chi connectivity index (χ1v) is 8.12. The molecule has 28 heavy (non-hydrogen) atoms. The Balaban J connectivity index is 1.70. The monoisotopic (exact) mass is 412 g/mol. The molecule has 0 aliphatic heterocycles. The van der Waals surface area contributed by atoms with Crippen molar-refractivity contribution in [2.24, 2.45) is 0 Å². The van der Waals surface area contributed by atoms with E-state index in [1.165, 1.54) is 23.4 Å². The molecule has 0 bridgehead atoms. The van der Waals surface area contributed by atoms with Crippen molar-refractivity contribution in [3.63, 3.8) is 0 Å². The van der Waals surface area contributed by atoms with Gasteiger partial charge in [0.25, 0.3) is 5.95 Å². The maximum Gasteiger partial charge on any atom is 0.433 e. The van der Waals surface area contributed by atoms with Crippen molar-refractivity contribution in [2.45, 2.75) is 19.1 Å². The number of amides is 2. The van der Waals surface area contributed by atoms with Crippen LogP contribution in [0.15, 0.2) is 36.9 Å². The van der Waals surface area contributed by atoms with E-state index in [0.29, 0.717) is 11.9 Å². The molecule has 0 spiro atoms. The van der Waals surface area contributed by atoms with Crippen LogP contribution in [0.25, 0.3) is 5.95 Å². The zero-order valence-electron chi connectivity index (χ0n) is 14.1. The van der Waals surface area contributed by atoms with Crippen molar-refractivity contribution in [3.8, 4) is 5.95 Å². The van der Waals surface area contributed by atoms with Crippen molar-refractivity contribution in [2.75, 3.05) is 5.32 Å².